The van der Waals surface area contributed by atoms with Crippen LogP contribution in [-0.4, -0.2) is 37.1 Å². The fourth-order valence-corrected chi connectivity index (χ4v) is 2.32. The molecule has 3 amide bonds. The summed E-state index contributed by atoms with van der Waals surface area (Å²) in [4.78, 5) is 47.1. The van der Waals surface area contributed by atoms with Gasteiger partial charge in [-0.1, -0.05) is 42.5 Å². The number of carbonyl (C=O) groups is 4. The summed E-state index contributed by atoms with van der Waals surface area (Å²) in [5.41, 5.74) is 1.91. The predicted octanol–water partition coefficient (Wildman–Crippen LogP) is 2.44. The molecule has 0 aliphatic rings. The van der Waals surface area contributed by atoms with Gasteiger partial charge in [-0.15, -0.1) is 0 Å². The van der Waals surface area contributed by atoms with Crippen molar-refractivity contribution in [1.29, 1.82) is 0 Å². The van der Waals surface area contributed by atoms with Crippen LogP contribution in [0.4, 0.5) is 4.79 Å². The van der Waals surface area contributed by atoms with E-state index in [1.165, 1.54) is 20.1 Å². The van der Waals surface area contributed by atoms with Crippen molar-refractivity contribution in [2.75, 3.05) is 7.11 Å². The van der Waals surface area contributed by atoms with Gasteiger partial charge in [-0.3, -0.25) is 10.1 Å². The van der Waals surface area contributed by atoms with Gasteiger partial charge in [0.25, 0.3) is 5.91 Å². The number of esters is 2. The van der Waals surface area contributed by atoms with Crippen LogP contribution in [0, 0.1) is 0 Å². The lowest BCUT2D eigenvalue weighted by Crippen LogP contribution is -2.44. The van der Waals surface area contributed by atoms with Crippen LogP contribution >= 0.6 is 0 Å². The molecule has 0 saturated carbocycles. The highest BCUT2D eigenvalue weighted by atomic mass is 16.5. The zero-order valence-corrected chi connectivity index (χ0v) is 16.6. The van der Waals surface area contributed by atoms with Crippen molar-refractivity contribution in [3.63, 3.8) is 0 Å². The average Bonchev–Trinajstić information content (AvgIpc) is 2.76. The van der Waals surface area contributed by atoms with E-state index in [1.54, 1.807) is 24.3 Å². The molecule has 0 spiro atoms. The van der Waals surface area contributed by atoms with Crippen molar-refractivity contribution in [1.82, 2.24) is 10.6 Å². The number of hydrogen-bond acceptors (Lipinski definition) is 6. The second-order valence-corrected chi connectivity index (χ2v) is 6.18. The number of rotatable bonds is 7. The molecule has 2 N–H and O–H groups in total. The SMILES string of the molecule is COC(=O)c1ccc(/C=C/C(=O)O[C@@H](C)C(=O)NC(=O)NCc2ccccc2)cc1. The van der Waals surface area contributed by atoms with Crippen molar-refractivity contribution >= 4 is 30.0 Å². The number of hydrogen-bond donors (Lipinski definition) is 2. The van der Waals surface area contributed by atoms with Crippen molar-refractivity contribution in [2.45, 2.75) is 19.6 Å². The summed E-state index contributed by atoms with van der Waals surface area (Å²) in [6.45, 7) is 1.61. The number of nitrogens with one attached hydrogen (secondary N) is 2. The number of ether oxygens (including phenoxy) is 2. The van der Waals surface area contributed by atoms with Crippen LogP contribution < -0.4 is 10.6 Å². The Hall–Kier alpha value is -3.94. The van der Waals surface area contributed by atoms with Gasteiger partial charge >= 0.3 is 18.0 Å². The second-order valence-electron chi connectivity index (χ2n) is 6.18. The third-order valence-corrected chi connectivity index (χ3v) is 3.94. The molecule has 0 radical (unpaired) electrons. The number of imide groups is 1. The summed E-state index contributed by atoms with van der Waals surface area (Å²) in [5.74, 6) is -1.96. The lowest BCUT2D eigenvalue weighted by Gasteiger charge is -2.12. The first-order valence-corrected chi connectivity index (χ1v) is 9.08. The molecule has 0 aliphatic carbocycles. The lowest BCUT2D eigenvalue weighted by molar-refractivity contribution is -0.149. The van der Waals surface area contributed by atoms with Crippen LogP contribution in [0.2, 0.25) is 0 Å². The van der Waals surface area contributed by atoms with Gasteiger partial charge in [0.05, 0.1) is 12.7 Å². The van der Waals surface area contributed by atoms with Crippen LogP contribution in [0.15, 0.2) is 60.7 Å². The lowest BCUT2D eigenvalue weighted by atomic mass is 10.1. The van der Waals surface area contributed by atoms with E-state index in [0.29, 0.717) is 11.1 Å². The molecule has 2 aromatic carbocycles. The van der Waals surface area contributed by atoms with E-state index in [-0.39, 0.29) is 6.54 Å². The van der Waals surface area contributed by atoms with Crippen LogP contribution in [0.1, 0.15) is 28.4 Å². The molecular formula is C22H22N2O6. The number of amides is 3. The highest BCUT2D eigenvalue weighted by molar-refractivity contribution is 5.98. The van der Waals surface area contributed by atoms with Crippen LogP contribution in [0.5, 0.6) is 0 Å². The highest BCUT2D eigenvalue weighted by Gasteiger charge is 2.18. The van der Waals surface area contributed by atoms with Gasteiger partial charge in [0.2, 0.25) is 0 Å². The van der Waals surface area contributed by atoms with Gasteiger partial charge in [0.1, 0.15) is 0 Å². The first-order chi connectivity index (χ1) is 14.4. The summed E-state index contributed by atoms with van der Waals surface area (Å²) in [5, 5.41) is 4.66. The molecule has 0 heterocycles. The van der Waals surface area contributed by atoms with Crippen LogP contribution in [0.25, 0.3) is 6.08 Å². The molecule has 30 heavy (non-hydrogen) atoms. The van der Waals surface area contributed by atoms with Gasteiger partial charge < -0.3 is 14.8 Å². The van der Waals surface area contributed by atoms with E-state index in [0.717, 1.165) is 11.6 Å². The number of benzene rings is 2. The molecule has 0 fully saturated rings. The summed E-state index contributed by atoms with van der Waals surface area (Å²) in [6, 6.07) is 14.9. The van der Waals surface area contributed by atoms with E-state index >= 15 is 0 Å². The smallest absolute Gasteiger partial charge is 0.337 e. The quantitative estimate of drug-likeness (QED) is 0.536. The molecule has 2 rings (SSSR count). The molecular weight excluding hydrogens is 388 g/mol. The fraction of sp³-hybridized carbons (Fsp3) is 0.182. The molecule has 1 atom stereocenters. The van der Waals surface area contributed by atoms with Crippen molar-refractivity contribution < 1.29 is 28.7 Å². The Labute approximate surface area is 173 Å². The van der Waals surface area contributed by atoms with E-state index in [1.807, 2.05) is 30.3 Å². The van der Waals surface area contributed by atoms with Gasteiger partial charge in [-0.05, 0) is 36.3 Å². The molecule has 0 saturated heterocycles. The fourth-order valence-electron chi connectivity index (χ4n) is 2.32. The van der Waals surface area contributed by atoms with Crippen molar-refractivity contribution in [3.8, 4) is 0 Å². The van der Waals surface area contributed by atoms with E-state index < -0.39 is 30.0 Å². The normalized spacial score (nSPS) is 11.4. The zero-order chi connectivity index (χ0) is 21.9. The maximum atomic E-state index is 12.0. The number of carbonyl (C=O) groups excluding carboxylic acids is 4. The van der Waals surface area contributed by atoms with Crippen molar-refractivity contribution in [2.24, 2.45) is 0 Å². The molecule has 0 aromatic heterocycles. The Kier molecular flexibility index (Phi) is 8.31. The van der Waals surface area contributed by atoms with Gasteiger partial charge in [0, 0.05) is 12.6 Å². The largest absolute Gasteiger partial charge is 0.465 e. The van der Waals surface area contributed by atoms with Gasteiger partial charge in [0.15, 0.2) is 6.10 Å². The standard InChI is InChI=1S/C22H22N2O6/c1-15(20(26)24-22(28)23-14-17-6-4-3-5-7-17)30-19(25)13-10-16-8-11-18(12-9-16)21(27)29-2/h3-13,15H,14H2,1-2H3,(H2,23,24,26,28)/b13-10+/t15-/m0/s1. The van der Waals surface area contributed by atoms with Gasteiger partial charge in [-0.25, -0.2) is 14.4 Å². The van der Waals surface area contributed by atoms with E-state index in [2.05, 4.69) is 15.4 Å². The first-order valence-electron chi connectivity index (χ1n) is 9.08. The number of methoxy groups -OCH3 is 1. The molecule has 8 nitrogen and oxygen atoms in total. The minimum Gasteiger partial charge on any atom is -0.465 e. The summed E-state index contributed by atoms with van der Waals surface area (Å²) in [7, 11) is 1.29. The summed E-state index contributed by atoms with van der Waals surface area (Å²) in [6.07, 6.45) is 1.46. The van der Waals surface area contributed by atoms with E-state index in [9.17, 15) is 19.2 Å². The summed E-state index contributed by atoms with van der Waals surface area (Å²) >= 11 is 0. The maximum absolute atomic E-state index is 12.0. The third kappa shape index (κ3) is 7.23. The average molecular weight is 410 g/mol. The first kappa shape index (κ1) is 22.4. The second kappa shape index (κ2) is 11.2. The topological polar surface area (TPSA) is 111 Å². The maximum Gasteiger partial charge on any atom is 0.337 e. The Morgan fingerprint density at radius 2 is 1.67 bits per heavy atom. The molecule has 156 valence electrons. The molecule has 8 heteroatoms. The Morgan fingerprint density at radius 3 is 2.30 bits per heavy atom. The Balaban J connectivity index is 1.78. The molecule has 2 aromatic rings. The predicted molar refractivity (Wildman–Crippen MR) is 109 cm³/mol. The van der Waals surface area contributed by atoms with Crippen LogP contribution in [-0.2, 0) is 25.6 Å². The number of urea groups is 1. The Bertz CT molecular complexity index is 922. The third-order valence-electron chi connectivity index (χ3n) is 3.94. The van der Waals surface area contributed by atoms with Gasteiger partial charge in [-0.2, -0.15) is 0 Å². The van der Waals surface area contributed by atoms with Crippen molar-refractivity contribution in [3.05, 3.63) is 77.4 Å². The molecule has 0 unspecified atom stereocenters. The zero-order valence-electron chi connectivity index (χ0n) is 16.6. The molecule has 0 aliphatic heterocycles. The monoisotopic (exact) mass is 410 g/mol. The minimum absolute atomic E-state index is 0.256. The van der Waals surface area contributed by atoms with Crippen LogP contribution in [0.3, 0.4) is 0 Å². The highest BCUT2D eigenvalue weighted by Crippen LogP contribution is 2.08. The molecule has 0 bridgehead atoms. The summed E-state index contributed by atoms with van der Waals surface area (Å²) < 4.78 is 9.59. The van der Waals surface area contributed by atoms with E-state index in [4.69, 9.17) is 4.74 Å². The Morgan fingerprint density at radius 1 is 1.00 bits per heavy atom. The minimum atomic E-state index is -1.16.